The van der Waals surface area contributed by atoms with Gasteiger partial charge < -0.3 is 26.0 Å². The van der Waals surface area contributed by atoms with Crippen molar-refractivity contribution in [3.05, 3.63) is 11.3 Å². The molecule has 1 saturated heterocycles. The van der Waals surface area contributed by atoms with Gasteiger partial charge in [-0.3, -0.25) is 19.3 Å². The van der Waals surface area contributed by atoms with Gasteiger partial charge in [0.1, 0.15) is 17.1 Å². The molecule has 6 rings (SSSR count). The second-order valence-electron chi connectivity index (χ2n) is 15.5. The molecule has 0 bridgehead atoms. The Kier molecular flexibility index (Phi) is 8.90. The van der Waals surface area contributed by atoms with E-state index in [1.54, 1.807) is 11.8 Å². The van der Waals surface area contributed by atoms with Crippen LogP contribution in [0.2, 0.25) is 0 Å². The molecule has 5 fully saturated rings. The Bertz CT molecular complexity index is 1300. The van der Waals surface area contributed by atoms with Crippen molar-refractivity contribution >= 4 is 29.5 Å². The molecule has 0 radical (unpaired) electrons. The number of carbonyl (C=O) groups is 3. The highest BCUT2D eigenvalue weighted by Gasteiger charge is 2.65. The zero-order valence-electron chi connectivity index (χ0n) is 27.1. The van der Waals surface area contributed by atoms with Crippen LogP contribution in [0.4, 0.5) is 0 Å². The SMILES string of the molecule is C#CCNC(=O)C1=C(C)CSC2C(NC(=O)CC[C@@H](C)[C@H]3CC[C@H]4[C@@H]5C(O)C(O)[C@@H]6C[C@H](O)CC[C@]6(C)[C@H]5CC[C@]34C)C(=O)N12. The number of nitrogens with zero attached hydrogens (tertiary/aromatic N) is 1. The molecule has 2 heterocycles. The molecule has 4 aliphatic carbocycles. The van der Waals surface area contributed by atoms with Crippen molar-refractivity contribution in [2.75, 3.05) is 12.3 Å². The normalized spacial score (nSPS) is 44.4. The number of nitrogens with one attached hydrogen (secondary N) is 2. The Morgan fingerprint density at radius 3 is 2.51 bits per heavy atom. The van der Waals surface area contributed by atoms with Crippen molar-refractivity contribution in [2.24, 2.45) is 46.3 Å². The van der Waals surface area contributed by atoms with Crippen LogP contribution in [0.3, 0.4) is 0 Å². The first kappa shape index (κ1) is 32.9. The van der Waals surface area contributed by atoms with Gasteiger partial charge in [-0.1, -0.05) is 26.7 Å². The molecule has 4 unspecified atom stereocenters. The van der Waals surface area contributed by atoms with Gasteiger partial charge in [0, 0.05) is 12.2 Å². The van der Waals surface area contributed by atoms with Crippen molar-refractivity contribution in [1.82, 2.24) is 15.5 Å². The fourth-order valence-corrected chi connectivity index (χ4v) is 12.3. The van der Waals surface area contributed by atoms with E-state index in [0.29, 0.717) is 48.0 Å². The van der Waals surface area contributed by atoms with E-state index >= 15 is 0 Å². The molecule has 6 aliphatic rings. The van der Waals surface area contributed by atoms with Crippen molar-refractivity contribution < 1.29 is 29.7 Å². The van der Waals surface area contributed by atoms with Crippen LogP contribution in [-0.4, -0.2) is 80.0 Å². The molecule has 0 spiro atoms. The number of hydrogen-bond donors (Lipinski definition) is 5. The van der Waals surface area contributed by atoms with Gasteiger partial charge in [-0.25, -0.2) is 0 Å². The van der Waals surface area contributed by atoms with E-state index in [4.69, 9.17) is 6.42 Å². The lowest BCUT2D eigenvalue weighted by Crippen LogP contribution is -2.71. The summed E-state index contributed by atoms with van der Waals surface area (Å²) >= 11 is 1.55. The topological polar surface area (TPSA) is 139 Å². The monoisotopic (exact) mass is 641 g/mol. The Labute approximate surface area is 271 Å². The van der Waals surface area contributed by atoms with E-state index in [1.165, 1.54) is 4.90 Å². The van der Waals surface area contributed by atoms with E-state index in [1.807, 2.05) is 6.92 Å². The van der Waals surface area contributed by atoms with Crippen LogP contribution < -0.4 is 10.6 Å². The average molecular weight is 642 g/mol. The van der Waals surface area contributed by atoms with Crippen LogP contribution in [0.25, 0.3) is 0 Å². The fraction of sp³-hybridized carbons (Fsp3) is 0.800. The zero-order chi connectivity index (χ0) is 32.4. The van der Waals surface area contributed by atoms with Crippen molar-refractivity contribution in [2.45, 2.75) is 115 Å². The number of amides is 3. The van der Waals surface area contributed by atoms with Crippen molar-refractivity contribution in [3.63, 3.8) is 0 Å². The Balaban J connectivity index is 1.06. The van der Waals surface area contributed by atoms with E-state index in [9.17, 15) is 29.7 Å². The van der Waals surface area contributed by atoms with Crippen molar-refractivity contribution in [3.8, 4) is 12.3 Å². The Morgan fingerprint density at radius 2 is 1.78 bits per heavy atom. The lowest BCUT2D eigenvalue weighted by atomic mass is 9.43. The molecule has 0 aromatic rings. The summed E-state index contributed by atoms with van der Waals surface area (Å²) in [5.74, 6) is 3.63. The number of terminal acetylenes is 1. The number of β-lactam (4-membered cyclic amide) rings is 1. The van der Waals surface area contributed by atoms with E-state index in [0.717, 1.165) is 50.5 Å². The second kappa shape index (κ2) is 12.2. The number of aliphatic hydroxyl groups is 3. The number of fused-ring (bicyclic) bond motifs is 6. The summed E-state index contributed by atoms with van der Waals surface area (Å²) in [4.78, 5) is 40.4. The van der Waals surface area contributed by atoms with E-state index in [2.05, 4.69) is 37.3 Å². The standard InChI is InChI=1S/C35H51N3O6S/c1-6-15-36-31(43)28-19(3)17-45-33-27(32(44)38(28)33)37-25(40)10-7-18(2)21-8-9-22-26-23(12-14-34(21,22)4)35(5)13-11-20(39)16-24(35)29(41)30(26)42/h1,18,20-24,26-27,29-30,33,39,41-42H,7-17H2,2-5H3,(H,36,43)(H,37,40)/t18-,20-,21-,22+,23+,24+,26+,27?,29?,30?,33?,34-,35-/m1/s1. The molecule has 13 atom stereocenters. The van der Waals surface area contributed by atoms with Crippen molar-refractivity contribution in [1.29, 1.82) is 0 Å². The highest BCUT2D eigenvalue weighted by molar-refractivity contribution is 8.00. The van der Waals surface area contributed by atoms with Gasteiger partial charge in [0.2, 0.25) is 5.91 Å². The molecular formula is C35H51N3O6S. The first-order valence-corrected chi connectivity index (χ1v) is 18.1. The predicted molar refractivity (Wildman–Crippen MR) is 172 cm³/mol. The molecular weight excluding hydrogens is 590 g/mol. The van der Waals surface area contributed by atoms with Crippen LogP contribution in [0.15, 0.2) is 11.3 Å². The third-order valence-electron chi connectivity index (χ3n) is 13.4. The first-order valence-electron chi connectivity index (χ1n) is 17.0. The van der Waals surface area contributed by atoms with Gasteiger partial charge in [-0.15, -0.1) is 18.2 Å². The predicted octanol–water partition coefficient (Wildman–Crippen LogP) is 2.79. The summed E-state index contributed by atoms with van der Waals surface area (Å²) in [5.41, 5.74) is 1.14. The van der Waals surface area contributed by atoms with Gasteiger partial charge in [0.05, 0.1) is 24.9 Å². The number of carbonyl (C=O) groups excluding carboxylic acids is 3. The molecule has 4 saturated carbocycles. The summed E-state index contributed by atoms with van der Waals surface area (Å²) in [5, 5.41) is 38.6. The van der Waals surface area contributed by atoms with Crippen LogP contribution in [0.5, 0.6) is 0 Å². The number of rotatable bonds is 7. The van der Waals surface area contributed by atoms with Gasteiger partial charge >= 0.3 is 0 Å². The number of aliphatic hydroxyl groups excluding tert-OH is 3. The smallest absolute Gasteiger partial charge is 0.268 e. The second-order valence-corrected chi connectivity index (χ2v) is 16.6. The third kappa shape index (κ3) is 5.25. The summed E-state index contributed by atoms with van der Waals surface area (Å²) < 4.78 is 0. The van der Waals surface area contributed by atoms with Gasteiger partial charge in [-0.2, -0.15) is 0 Å². The van der Waals surface area contributed by atoms with Gasteiger partial charge in [0.25, 0.3) is 11.8 Å². The van der Waals surface area contributed by atoms with E-state index in [-0.39, 0.29) is 52.3 Å². The summed E-state index contributed by atoms with van der Waals surface area (Å²) in [7, 11) is 0. The Hall–Kier alpha value is -2.06. The minimum absolute atomic E-state index is 0.0406. The summed E-state index contributed by atoms with van der Waals surface area (Å²) in [6.45, 7) is 8.85. The maximum Gasteiger partial charge on any atom is 0.268 e. The highest BCUT2D eigenvalue weighted by atomic mass is 32.2. The zero-order valence-corrected chi connectivity index (χ0v) is 27.9. The molecule has 5 N–H and O–H groups in total. The fourth-order valence-electron chi connectivity index (χ4n) is 11.0. The molecule has 3 amide bonds. The minimum Gasteiger partial charge on any atom is -0.393 e. The molecule has 0 aromatic carbocycles. The lowest BCUT2D eigenvalue weighted by Gasteiger charge is -2.63. The number of hydrogen-bond acceptors (Lipinski definition) is 7. The minimum atomic E-state index is -0.797. The molecule has 0 aromatic heterocycles. The highest BCUT2D eigenvalue weighted by Crippen LogP contribution is 2.68. The van der Waals surface area contributed by atoms with Crippen LogP contribution in [-0.2, 0) is 14.4 Å². The molecule has 45 heavy (non-hydrogen) atoms. The van der Waals surface area contributed by atoms with E-state index < -0.39 is 24.4 Å². The maximum absolute atomic E-state index is 13.1. The first-order chi connectivity index (χ1) is 21.3. The van der Waals surface area contributed by atoms with Gasteiger partial charge in [0.15, 0.2) is 0 Å². The third-order valence-corrected chi connectivity index (χ3v) is 14.8. The summed E-state index contributed by atoms with van der Waals surface area (Å²) in [6.07, 6.45) is 10.8. The average Bonchev–Trinajstić information content (AvgIpc) is 3.37. The van der Waals surface area contributed by atoms with Crippen LogP contribution >= 0.6 is 11.8 Å². The number of thioether (sulfide) groups is 1. The quantitative estimate of drug-likeness (QED) is 0.213. The van der Waals surface area contributed by atoms with Crippen LogP contribution in [0, 0.1) is 58.7 Å². The molecule has 2 aliphatic heterocycles. The summed E-state index contributed by atoms with van der Waals surface area (Å²) in [6, 6.07) is -0.643. The van der Waals surface area contributed by atoms with Crippen LogP contribution in [0.1, 0.15) is 85.5 Å². The van der Waals surface area contributed by atoms with Gasteiger partial charge in [-0.05, 0) is 110 Å². The maximum atomic E-state index is 13.1. The largest absolute Gasteiger partial charge is 0.393 e. The molecule has 10 heteroatoms. The lowest BCUT2D eigenvalue weighted by molar-refractivity contribution is -0.223. The molecule has 248 valence electrons. The molecule has 9 nitrogen and oxygen atoms in total. The Morgan fingerprint density at radius 1 is 1.07 bits per heavy atom.